The van der Waals surface area contributed by atoms with Crippen LogP contribution in [0.2, 0.25) is 0 Å². The van der Waals surface area contributed by atoms with Gasteiger partial charge in [-0.15, -0.1) is 0 Å². The molecule has 0 aliphatic heterocycles. The molecule has 0 unspecified atom stereocenters. The summed E-state index contributed by atoms with van der Waals surface area (Å²) in [6.45, 7) is 9.65. The van der Waals surface area contributed by atoms with Crippen molar-refractivity contribution in [1.82, 2.24) is 5.32 Å². The van der Waals surface area contributed by atoms with Crippen LogP contribution in [0.4, 0.5) is 0 Å². The van der Waals surface area contributed by atoms with Crippen molar-refractivity contribution in [3.8, 4) is 6.07 Å². The van der Waals surface area contributed by atoms with Gasteiger partial charge in [-0.05, 0) is 65.8 Å². The molecule has 0 amide bonds. The Hall–Kier alpha value is -0.550. The summed E-state index contributed by atoms with van der Waals surface area (Å²) in [5.41, 5.74) is 0.141. The third kappa shape index (κ3) is 4.22. The standard InChI is InChI=1S/C13H24N2/c1-12(2,10-14)8-5-9-15-13(3,4)11-6-7-11/h11,15H,5-9H2,1-4H3. The fourth-order valence-corrected chi connectivity index (χ4v) is 1.95. The fraction of sp³-hybridized carbons (Fsp3) is 0.923. The molecule has 1 aliphatic carbocycles. The van der Waals surface area contributed by atoms with E-state index in [0.717, 1.165) is 25.3 Å². The van der Waals surface area contributed by atoms with Gasteiger partial charge in [-0.3, -0.25) is 0 Å². The quantitative estimate of drug-likeness (QED) is 0.681. The average molecular weight is 208 g/mol. The summed E-state index contributed by atoms with van der Waals surface area (Å²) in [5.74, 6) is 0.876. The molecule has 86 valence electrons. The van der Waals surface area contributed by atoms with Crippen molar-refractivity contribution in [3.05, 3.63) is 0 Å². The number of rotatable bonds is 6. The first-order valence-electron chi connectivity index (χ1n) is 6.04. The van der Waals surface area contributed by atoms with Crippen molar-refractivity contribution in [2.24, 2.45) is 11.3 Å². The molecule has 0 aromatic rings. The monoisotopic (exact) mass is 208 g/mol. The molecule has 2 heteroatoms. The number of hydrogen-bond donors (Lipinski definition) is 1. The van der Waals surface area contributed by atoms with Crippen LogP contribution < -0.4 is 5.32 Å². The second-order valence-corrected chi connectivity index (χ2v) is 6.02. The number of nitrogens with zero attached hydrogens (tertiary/aromatic N) is 1. The summed E-state index contributed by atoms with van der Waals surface area (Å²) in [6, 6.07) is 2.35. The van der Waals surface area contributed by atoms with Gasteiger partial charge in [0.15, 0.2) is 0 Å². The molecule has 0 bridgehead atoms. The highest BCUT2D eigenvalue weighted by Crippen LogP contribution is 2.39. The third-order valence-corrected chi connectivity index (χ3v) is 3.46. The van der Waals surface area contributed by atoms with Crippen LogP contribution >= 0.6 is 0 Å². The van der Waals surface area contributed by atoms with Crippen molar-refractivity contribution >= 4 is 0 Å². The van der Waals surface area contributed by atoms with E-state index in [1.165, 1.54) is 12.8 Å². The summed E-state index contributed by atoms with van der Waals surface area (Å²) in [5, 5.41) is 12.5. The lowest BCUT2D eigenvalue weighted by Crippen LogP contribution is -2.42. The van der Waals surface area contributed by atoms with Gasteiger partial charge < -0.3 is 5.32 Å². The summed E-state index contributed by atoms with van der Waals surface area (Å²) >= 11 is 0. The second-order valence-electron chi connectivity index (χ2n) is 6.02. The van der Waals surface area contributed by atoms with E-state index in [0.29, 0.717) is 5.54 Å². The smallest absolute Gasteiger partial charge is 0.0683 e. The molecule has 0 spiro atoms. The molecule has 0 aromatic carbocycles. The minimum absolute atomic E-state index is 0.161. The Kier molecular flexibility index (Phi) is 3.78. The fourth-order valence-electron chi connectivity index (χ4n) is 1.95. The lowest BCUT2D eigenvalue weighted by atomic mass is 9.89. The number of hydrogen-bond acceptors (Lipinski definition) is 2. The molecule has 2 nitrogen and oxygen atoms in total. The summed E-state index contributed by atoms with van der Waals surface area (Å²) < 4.78 is 0. The lowest BCUT2D eigenvalue weighted by Gasteiger charge is -2.27. The second kappa shape index (κ2) is 4.53. The Balaban J connectivity index is 2.14. The molecule has 1 rings (SSSR count). The van der Waals surface area contributed by atoms with Gasteiger partial charge in [0, 0.05) is 5.54 Å². The lowest BCUT2D eigenvalue weighted by molar-refractivity contribution is 0.326. The zero-order chi connectivity index (χ0) is 11.5. The van der Waals surface area contributed by atoms with E-state index in [9.17, 15) is 0 Å². The molecule has 1 aliphatic rings. The highest BCUT2D eigenvalue weighted by molar-refractivity contribution is 4.95. The summed E-state index contributed by atoms with van der Waals surface area (Å²) in [7, 11) is 0. The van der Waals surface area contributed by atoms with Crippen LogP contribution in [0.1, 0.15) is 53.4 Å². The van der Waals surface area contributed by atoms with Gasteiger partial charge >= 0.3 is 0 Å². The molecule has 1 N–H and O–H groups in total. The largest absolute Gasteiger partial charge is 0.312 e. The Morgan fingerprint density at radius 3 is 2.33 bits per heavy atom. The van der Waals surface area contributed by atoms with Crippen molar-refractivity contribution in [2.75, 3.05) is 6.54 Å². The minimum atomic E-state index is -0.161. The number of nitriles is 1. The maximum Gasteiger partial charge on any atom is 0.0683 e. The van der Waals surface area contributed by atoms with E-state index in [2.05, 4.69) is 25.2 Å². The van der Waals surface area contributed by atoms with Crippen molar-refractivity contribution in [2.45, 2.75) is 58.9 Å². The summed E-state index contributed by atoms with van der Waals surface area (Å²) in [4.78, 5) is 0. The van der Waals surface area contributed by atoms with Gasteiger partial charge in [0.1, 0.15) is 0 Å². The molecule has 15 heavy (non-hydrogen) atoms. The maximum absolute atomic E-state index is 8.88. The van der Waals surface area contributed by atoms with Gasteiger partial charge in [0.05, 0.1) is 11.5 Å². The normalized spacial score (nSPS) is 17.5. The molecule has 0 saturated heterocycles. The summed E-state index contributed by atoms with van der Waals surface area (Å²) in [6.07, 6.45) is 4.83. The Labute approximate surface area is 94.1 Å². The first kappa shape index (κ1) is 12.5. The number of nitrogens with one attached hydrogen (secondary N) is 1. The zero-order valence-electron chi connectivity index (χ0n) is 10.6. The van der Waals surface area contributed by atoms with Crippen LogP contribution in [0.3, 0.4) is 0 Å². The molecular formula is C13H24N2. The Morgan fingerprint density at radius 1 is 1.27 bits per heavy atom. The van der Waals surface area contributed by atoms with Crippen molar-refractivity contribution in [1.29, 1.82) is 5.26 Å². The first-order chi connectivity index (χ1) is 6.87. The minimum Gasteiger partial charge on any atom is -0.312 e. The molecule has 0 atom stereocenters. The van der Waals surface area contributed by atoms with E-state index < -0.39 is 0 Å². The van der Waals surface area contributed by atoms with Gasteiger partial charge in [-0.2, -0.15) is 5.26 Å². The highest BCUT2D eigenvalue weighted by Gasteiger charge is 2.36. The van der Waals surface area contributed by atoms with Gasteiger partial charge in [-0.1, -0.05) is 0 Å². The predicted molar refractivity (Wildman–Crippen MR) is 63.4 cm³/mol. The Morgan fingerprint density at radius 2 is 1.87 bits per heavy atom. The van der Waals surface area contributed by atoms with E-state index >= 15 is 0 Å². The first-order valence-corrected chi connectivity index (χ1v) is 6.04. The Bertz CT molecular complexity index is 244. The van der Waals surface area contributed by atoms with Gasteiger partial charge in [-0.25, -0.2) is 0 Å². The predicted octanol–water partition coefficient (Wildman–Crippen LogP) is 3.09. The molecule has 1 fully saturated rings. The van der Waals surface area contributed by atoms with E-state index in [4.69, 9.17) is 5.26 Å². The highest BCUT2D eigenvalue weighted by atomic mass is 15.0. The van der Waals surface area contributed by atoms with Crippen LogP contribution in [-0.2, 0) is 0 Å². The average Bonchev–Trinajstić information content (AvgIpc) is 2.96. The van der Waals surface area contributed by atoms with Crippen LogP contribution in [-0.4, -0.2) is 12.1 Å². The zero-order valence-corrected chi connectivity index (χ0v) is 10.6. The van der Waals surface area contributed by atoms with Gasteiger partial charge in [0.2, 0.25) is 0 Å². The van der Waals surface area contributed by atoms with Crippen LogP contribution in [0.5, 0.6) is 0 Å². The van der Waals surface area contributed by atoms with Crippen molar-refractivity contribution < 1.29 is 0 Å². The van der Waals surface area contributed by atoms with Crippen LogP contribution in [0.15, 0.2) is 0 Å². The van der Waals surface area contributed by atoms with E-state index in [-0.39, 0.29) is 5.41 Å². The van der Waals surface area contributed by atoms with Gasteiger partial charge in [0.25, 0.3) is 0 Å². The van der Waals surface area contributed by atoms with Crippen LogP contribution in [0, 0.1) is 22.7 Å². The topological polar surface area (TPSA) is 35.8 Å². The molecular weight excluding hydrogens is 184 g/mol. The third-order valence-electron chi connectivity index (χ3n) is 3.46. The molecule has 1 saturated carbocycles. The van der Waals surface area contributed by atoms with Crippen molar-refractivity contribution in [3.63, 3.8) is 0 Å². The molecule has 0 aromatic heterocycles. The molecule has 0 radical (unpaired) electrons. The van der Waals surface area contributed by atoms with E-state index in [1.807, 2.05) is 13.8 Å². The molecule has 0 heterocycles. The van der Waals surface area contributed by atoms with Crippen LogP contribution in [0.25, 0.3) is 0 Å². The SMILES string of the molecule is CC(C)(C#N)CCCNC(C)(C)C1CC1. The maximum atomic E-state index is 8.88. The van der Waals surface area contributed by atoms with E-state index in [1.54, 1.807) is 0 Å².